The molecule has 2 radical (unpaired) electrons. The van der Waals surface area contributed by atoms with Crippen LogP contribution in [-0.4, -0.2) is 17.0 Å². The van der Waals surface area contributed by atoms with Crippen molar-refractivity contribution in [1.82, 2.24) is 0 Å². The molecule has 160 valence electrons. The molecular weight excluding hydrogens is 493 g/mol. The van der Waals surface area contributed by atoms with Crippen LogP contribution in [0.15, 0.2) is 0 Å². The molecule has 0 spiro atoms. The maximum absolute atomic E-state index is 10.0. The summed E-state index contributed by atoms with van der Waals surface area (Å²) in [5.41, 5.74) is -2.12. The summed E-state index contributed by atoms with van der Waals surface area (Å²) in [4.78, 5) is 60.2. The number of hydrogen-bond acceptors (Lipinski definition) is 9. The van der Waals surface area contributed by atoms with Gasteiger partial charge in [0.1, 0.15) is 0 Å². The summed E-state index contributed by atoms with van der Waals surface area (Å²) >= 11 is 0. The van der Waals surface area contributed by atoms with Crippen molar-refractivity contribution in [2.45, 2.75) is 77.8 Å². The van der Waals surface area contributed by atoms with Gasteiger partial charge < -0.3 is 43.1 Å². The molecule has 9 nitrogen and oxygen atoms in total. The van der Waals surface area contributed by atoms with Crippen molar-refractivity contribution in [2.75, 3.05) is 0 Å². The molecule has 0 rings (SSSR count). The molecule has 0 aromatic rings. The van der Waals surface area contributed by atoms with Crippen LogP contribution >= 0.6 is 22.8 Å². The van der Waals surface area contributed by atoms with Crippen LogP contribution in [0.1, 0.15) is 60.8 Å². The fraction of sp³-hybridized carbons (Fsp3) is 1.00. The van der Waals surface area contributed by atoms with Gasteiger partial charge in [-0.15, -0.1) is 0 Å². The Balaban J connectivity index is -0.0000000817. The van der Waals surface area contributed by atoms with Gasteiger partial charge in [0.25, 0.3) is 0 Å². The van der Waals surface area contributed by atoms with E-state index in [2.05, 4.69) is 0 Å². The summed E-state index contributed by atoms with van der Waals surface area (Å²) in [5.74, 6) is 0. The molecule has 3 atom stereocenters. The molecule has 0 aliphatic heterocycles. The average Bonchev–Trinajstić information content (AvgIpc) is 2.42. The van der Waals surface area contributed by atoms with Crippen LogP contribution in [0.5, 0.6) is 0 Å². The van der Waals surface area contributed by atoms with Gasteiger partial charge in [-0.3, -0.25) is 0 Å². The summed E-state index contributed by atoms with van der Waals surface area (Å²) in [7, 11) is -12.8. The summed E-state index contributed by atoms with van der Waals surface area (Å²) in [6, 6.07) is 0. The Morgan fingerprint density at radius 1 is 0.538 bits per heavy atom. The summed E-state index contributed by atoms with van der Waals surface area (Å²) in [6.45, 7) is 9.27. The quantitative estimate of drug-likeness (QED) is 0.315. The van der Waals surface area contributed by atoms with Gasteiger partial charge in [0, 0.05) is 0 Å². The van der Waals surface area contributed by atoms with E-state index in [0.29, 0.717) is 19.3 Å². The molecule has 0 heterocycles. The molecule has 26 heavy (non-hydrogen) atoms. The Morgan fingerprint density at radius 3 is 0.654 bits per heavy atom. The fourth-order valence-corrected chi connectivity index (χ4v) is 2.01. The van der Waals surface area contributed by atoms with Crippen LogP contribution in [0.3, 0.4) is 0 Å². The maximum Gasteiger partial charge on any atom is 3.00 e. The van der Waals surface area contributed by atoms with Gasteiger partial charge >= 0.3 is 34.1 Å². The minimum atomic E-state index is -4.26. The molecule has 0 aromatic heterocycles. The van der Waals surface area contributed by atoms with E-state index < -0.39 is 39.8 Å². The van der Waals surface area contributed by atoms with Crippen LogP contribution in [0.25, 0.3) is 0 Å². The van der Waals surface area contributed by atoms with Crippen LogP contribution in [-0.2, 0) is 47.8 Å². The summed E-state index contributed by atoms with van der Waals surface area (Å²) in [5, 5.41) is 0. The number of hydrogen-bond donors (Lipinski definition) is 0. The van der Waals surface area contributed by atoms with Crippen LogP contribution in [0.2, 0.25) is 0 Å². The second kappa shape index (κ2) is 17.4. The molecule has 0 aliphatic rings. The van der Waals surface area contributed by atoms with E-state index in [0.717, 1.165) is 0 Å². The van der Waals surface area contributed by atoms with Crippen LogP contribution in [0, 0.1) is 0 Å². The standard InChI is InChI=1S/3C4H11O3P.2Fe/c3*1-3-4(2)8(5,6)7;;/h3*4H,3H2,1-2H3,(H2,5,6,7);;/q;;;2*+3/p-6. The second-order valence-corrected chi connectivity index (χ2v) is 11.3. The van der Waals surface area contributed by atoms with Crippen molar-refractivity contribution in [1.29, 1.82) is 0 Å². The third-order valence-corrected chi connectivity index (χ3v) is 7.73. The normalized spacial score (nSPS) is 14.8. The van der Waals surface area contributed by atoms with Crippen LogP contribution < -0.4 is 29.4 Å². The first kappa shape index (κ1) is 38.1. The van der Waals surface area contributed by atoms with Crippen molar-refractivity contribution >= 4 is 22.8 Å². The van der Waals surface area contributed by atoms with E-state index in [-0.39, 0.29) is 34.1 Å². The van der Waals surface area contributed by atoms with E-state index in [9.17, 15) is 43.1 Å². The zero-order valence-electron chi connectivity index (χ0n) is 15.6. The monoisotopic (exact) mass is 520 g/mol. The van der Waals surface area contributed by atoms with Crippen molar-refractivity contribution < 1.29 is 77.2 Å². The minimum absolute atomic E-state index is 0. The van der Waals surface area contributed by atoms with Crippen molar-refractivity contribution in [3.63, 3.8) is 0 Å². The number of rotatable bonds is 6. The predicted octanol–water partition coefficient (Wildman–Crippen LogP) is -0.909. The van der Waals surface area contributed by atoms with Gasteiger partial charge in [0.15, 0.2) is 0 Å². The minimum Gasteiger partial charge on any atom is -0.811 e. The van der Waals surface area contributed by atoms with E-state index in [1.54, 1.807) is 20.8 Å². The third kappa shape index (κ3) is 23.5. The molecule has 0 amide bonds. The van der Waals surface area contributed by atoms with Crippen molar-refractivity contribution in [3.05, 3.63) is 0 Å². The Labute approximate surface area is 177 Å². The Hall–Kier alpha value is 1.49. The largest absolute Gasteiger partial charge is 3.00 e. The molecule has 0 fully saturated rings. The molecule has 3 unspecified atom stereocenters. The molecule has 0 saturated heterocycles. The molecule has 0 aliphatic carbocycles. The van der Waals surface area contributed by atoms with Crippen LogP contribution in [0.4, 0.5) is 0 Å². The SMILES string of the molecule is CCC(C)P(=O)([O-])[O-].CCC(C)P(=O)([O-])[O-].CCC(C)P(=O)([O-])[O-].[Fe+3].[Fe+3]. The zero-order chi connectivity index (χ0) is 20.4. The Bertz CT molecular complexity index is 394. The van der Waals surface area contributed by atoms with Gasteiger partial charge in [0.05, 0.1) is 0 Å². The molecular formula is C12H27Fe2O9P3. The predicted molar refractivity (Wildman–Crippen MR) is 82.1 cm³/mol. The summed E-state index contributed by atoms with van der Waals surface area (Å²) in [6.07, 6.45) is 1.22. The first-order valence-corrected chi connectivity index (χ1v) is 12.3. The summed E-state index contributed by atoms with van der Waals surface area (Å²) < 4.78 is 30.1. The topological polar surface area (TPSA) is 190 Å². The second-order valence-electron chi connectivity index (χ2n) is 5.39. The molecule has 0 N–H and O–H groups in total. The Morgan fingerprint density at radius 2 is 0.654 bits per heavy atom. The maximum atomic E-state index is 10.0. The molecule has 0 saturated carbocycles. The van der Waals surface area contributed by atoms with Gasteiger partial charge in [-0.2, -0.15) is 0 Å². The molecule has 0 bridgehead atoms. The smallest absolute Gasteiger partial charge is 0.811 e. The van der Waals surface area contributed by atoms with E-state index >= 15 is 0 Å². The fourth-order valence-electron chi connectivity index (χ4n) is 0.671. The van der Waals surface area contributed by atoms with E-state index in [4.69, 9.17) is 0 Å². The van der Waals surface area contributed by atoms with Gasteiger partial charge in [0.2, 0.25) is 0 Å². The van der Waals surface area contributed by atoms with E-state index in [1.807, 2.05) is 0 Å². The van der Waals surface area contributed by atoms with E-state index in [1.165, 1.54) is 20.8 Å². The molecule has 14 heteroatoms. The first-order chi connectivity index (χ1) is 10.4. The van der Waals surface area contributed by atoms with Gasteiger partial charge in [-0.1, -0.05) is 64.3 Å². The zero-order valence-corrected chi connectivity index (χ0v) is 20.5. The Kier molecular flexibility index (Phi) is 25.5. The average molecular weight is 520 g/mol. The molecule has 0 aromatic carbocycles. The van der Waals surface area contributed by atoms with Crippen molar-refractivity contribution in [2.24, 2.45) is 0 Å². The first-order valence-electron chi connectivity index (χ1n) is 7.50. The van der Waals surface area contributed by atoms with Crippen molar-refractivity contribution in [3.8, 4) is 0 Å². The van der Waals surface area contributed by atoms with Gasteiger partial charge in [-0.05, 0) is 36.2 Å². The van der Waals surface area contributed by atoms with Gasteiger partial charge in [-0.25, -0.2) is 0 Å². The third-order valence-electron chi connectivity index (χ3n) is 3.39.